The number of hydrogen-bond donors (Lipinski definition) is 0. The van der Waals surface area contributed by atoms with Gasteiger partial charge in [0, 0.05) is 0 Å². The zero-order chi connectivity index (χ0) is 61.7. The fourth-order valence-electron chi connectivity index (χ4n) is 11.2. The van der Waals surface area contributed by atoms with Gasteiger partial charge in [0.2, 0.25) is 0 Å². The second-order valence-corrected chi connectivity index (χ2v) is 42.4. The number of halogens is 2. The van der Waals surface area contributed by atoms with Crippen LogP contribution >= 0.6 is 0 Å². The quantitative estimate of drug-likeness (QED) is 0.120. The molecule has 0 aliphatic rings. The summed E-state index contributed by atoms with van der Waals surface area (Å²) in [6, 6.07) is 49.0. The van der Waals surface area contributed by atoms with Gasteiger partial charge in [-0.1, -0.05) is 213 Å². The van der Waals surface area contributed by atoms with Gasteiger partial charge in [-0.3, -0.25) is 0 Å². The minimum Gasteiger partial charge on any atom is -1.00 e. The van der Waals surface area contributed by atoms with Gasteiger partial charge in [-0.25, -0.2) is 0 Å². The molecule has 0 spiro atoms. The van der Waals surface area contributed by atoms with Gasteiger partial charge in [0.1, 0.15) is 0 Å². The van der Waals surface area contributed by atoms with E-state index in [1.165, 1.54) is 132 Å². The van der Waals surface area contributed by atoms with Crippen molar-refractivity contribution in [3.63, 3.8) is 0 Å². The number of fused-ring (bicyclic) bond motifs is 4. The molecule has 0 atom stereocenters. The van der Waals surface area contributed by atoms with E-state index in [1.807, 2.05) is 0 Å². The summed E-state index contributed by atoms with van der Waals surface area (Å²) in [7, 11) is 0. The van der Waals surface area contributed by atoms with E-state index in [2.05, 4.69) is 313 Å². The Hall–Kier alpha value is -3.46. The molecule has 0 aromatic heterocycles. The van der Waals surface area contributed by atoms with E-state index in [1.54, 1.807) is 57.0 Å². The second-order valence-electron chi connectivity index (χ2n) is 27.7. The van der Waals surface area contributed by atoms with Gasteiger partial charge in [0.05, 0.1) is 0 Å². The monoisotopic (exact) mass is 1340 g/mol. The predicted molar refractivity (Wildman–Crippen MR) is 365 cm³/mol. The molecule has 0 aliphatic heterocycles. The smallest absolute Gasteiger partial charge is 0.0220 e. The SMILES string of the molecule is C[Si](=[Zr+2])c1ccccc1.C[Si](=[Zr+2])c1ccccc1.Cc1[cH-]c2c(C)ccc(C(C)(C)C)c2c1C.Cc1[cH-]c2c(C)ccc(C(C)(C)C)c2c1C.Cc1[cH-]c2c(C)ccc(C(C)(C)C)c2c1C.Cc1[cH-]c2c(C)ccc(C(C)(C)C)c2c1C.[Cl-].[Cl-]. The van der Waals surface area contributed by atoms with Gasteiger partial charge in [-0.15, -0.1) is 136 Å². The topological polar surface area (TPSA) is 0 Å². The summed E-state index contributed by atoms with van der Waals surface area (Å²) in [6.07, 6.45) is 0. The molecule has 84 heavy (non-hydrogen) atoms. The van der Waals surface area contributed by atoms with Crippen LogP contribution in [0.5, 0.6) is 0 Å². The Labute approximate surface area is 553 Å². The Kier molecular flexibility index (Phi) is 27.3. The summed E-state index contributed by atoms with van der Waals surface area (Å²) >= 11 is 3.38. The third-order valence-corrected chi connectivity index (χ3v) is 23.5. The van der Waals surface area contributed by atoms with Crippen LogP contribution in [0.4, 0.5) is 0 Å². The Bertz CT molecular complexity index is 3390. The van der Waals surface area contributed by atoms with Crippen LogP contribution in [0.25, 0.3) is 43.1 Å². The van der Waals surface area contributed by atoms with Crippen LogP contribution < -0.4 is 35.2 Å². The molecule has 0 amide bonds. The zero-order valence-corrected chi connectivity index (χ0v) is 64.9. The second kappa shape index (κ2) is 30.6. The standard InChI is InChI=1S/4C16H21.2C7H8Si.2ClH.2Zr/c4*1-10-7-8-14(16(4,5)6)15-12(3)11(2)9-13(10)15;2*1-8-7-5-3-2-4-6-7;;;;/h4*7-9H,1-6H3;2*2-6H,1H3;2*1H;;/q4*-1;;;;;2*+2/p-2. The van der Waals surface area contributed by atoms with Crippen LogP contribution in [-0.2, 0) is 68.3 Å². The molecule has 10 aromatic carbocycles. The number of hydrogen-bond acceptors (Lipinski definition) is 0. The fourth-order valence-corrected chi connectivity index (χ4v) is 15.1. The van der Waals surface area contributed by atoms with Gasteiger partial charge >= 0.3 is 142 Å². The van der Waals surface area contributed by atoms with E-state index in [-0.39, 0.29) is 57.3 Å². The number of rotatable bonds is 2. The molecule has 0 radical (unpaired) electrons. The first-order chi connectivity index (χ1) is 37.9. The van der Waals surface area contributed by atoms with E-state index in [9.17, 15) is 0 Å². The van der Waals surface area contributed by atoms with Crippen LogP contribution in [-0.4, -0.2) is 10.9 Å². The van der Waals surface area contributed by atoms with E-state index < -0.39 is 0 Å². The summed E-state index contributed by atoms with van der Waals surface area (Å²) < 4.78 is 0. The molecule has 0 unspecified atom stereocenters. The van der Waals surface area contributed by atoms with E-state index >= 15 is 0 Å². The third-order valence-electron chi connectivity index (χ3n) is 16.8. The normalized spacial score (nSPS) is 11.4. The first-order valence-electron chi connectivity index (χ1n) is 29.8. The first-order valence-corrected chi connectivity index (χ1v) is 41.1. The van der Waals surface area contributed by atoms with Gasteiger partial charge in [-0.2, -0.15) is 22.3 Å². The molecule has 0 aliphatic carbocycles. The summed E-state index contributed by atoms with van der Waals surface area (Å²) in [5.74, 6) is 0. The van der Waals surface area contributed by atoms with Gasteiger partial charge in [0.15, 0.2) is 0 Å². The van der Waals surface area contributed by atoms with Gasteiger partial charge < -0.3 is 24.8 Å². The maximum atomic E-state index is 2.35. The number of benzene rings is 6. The molecule has 0 heterocycles. The third kappa shape index (κ3) is 18.3. The minimum atomic E-state index is -0.122. The minimum absolute atomic E-state index is 0. The van der Waals surface area contributed by atoms with Crippen molar-refractivity contribution >= 4 is 64.3 Å². The molecule has 0 bridgehead atoms. The van der Waals surface area contributed by atoms with E-state index in [0.29, 0.717) is 0 Å². The fraction of sp³-hybridized carbons (Fsp3) is 0.385. The molecule has 0 nitrogen and oxygen atoms in total. The van der Waals surface area contributed by atoms with Crippen LogP contribution in [0.2, 0.25) is 13.1 Å². The maximum absolute atomic E-state index is 2.35. The predicted octanol–water partition coefficient (Wildman–Crippen LogP) is 15.3. The van der Waals surface area contributed by atoms with Crippen LogP contribution in [0, 0.1) is 83.1 Å². The van der Waals surface area contributed by atoms with Crippen molar-refractivity contribution < 1.29 is 71.5 Å². The average molecular weight is 1350 g/mol. The summed E-state index contributed by atoms with van der Waals surface area (Å²) in [4.78, 5) is 0. The summed E-state index contributed by atoms with van der Waals surface area (Å²) in [5, 5.41) is 14.8. The van der Waals surface area contributed by atoms with Crippen molar-refractivity contribution in [1.82, 2.24) is 0 Å². The average Bonchev–Trinajstić information content (AvgIpc) is 4.31. The molecule has 10 aromatic rings. The van der Waals surface area contributed by atoms with Crippen LogP contribution in [0.15, 0.2) is 133 Å². The molecule has 0 fully saturated rings. The maximum Gasteiger partial charge on any atom is -0.0220 e. The van der Waals surface area contributed by atoms with E-state index in [4.69, 9.17) is 0 Å². The van der Waals surface area contributed by atoms with Crippen LogP contribution in [0.3, 0.4) is 0 Å². The summed E-state index contributed by atoms with van der Waals surface area (Å²) in [6.45, 7) is 58.8. The largest absolute Gasteiger partial charge is 1.00 e. The molecule has 10 rings (SSSR count). The molecule has 6 heteroatoms. The van der Waals surface area contributed by atoms with Crippen molar-refractivity contribution in [2.45, 2.75) is 201 Å². The van der Waals surface area contributed by atoms with Crippen molar-refractivity contribution in [3.05, 3.63) is 222 Å². The first kappa shape index (κ1) is 74.8. The van der Waals surface area contributed by atoms with Gasteiger partial charge in [-0.05, 0) is 21.7 Å². The van der Waals surface area contributed by atoms with E-state index in [0.717, 1.165) is 0 Å². The molecule has 444 valence electrons. The van der Waals surface area contributed by atoms with Crippen molar-refractivity contribution in [1.29, 1.82) is 0 Å². The summed E-state index contributed by atoms with van der Waals surface area (Å²) in [5.41, 5.74) is 23.5. The molecule has 0 saturated carbocycles. The van der Waals surface area contributed by atoms with Crippen molar-refractivity contribution in [3.8, 4) is 0 Å². The van der Waals surface area contributed by atoms with Crippen molar-refractivity contribution in [2.24, 2.45) is 0 Å². The Morgan fingerprint density at radius 2 is 0.464 bits per heavy atom. The molecular weight excluding hydrogens is 1250 g/mol. The zero-order valence-electron chi connectivity index (χ0n) is 56.5. The molecule has 0 N–H and O–H groups in total. The number of aryl methyl sites for hydroxylation is 12. The van der Waals surface area contributed by atoms with Crippen molar-refractivity contribution in [2.75, 3.05) is 0 Å². The van der Waals surface area contributed by atoms with Gasteiger partial charge in [0.25, 0.3) is 0 Å². The Morgan fingerprint density at radius 1 is 0.286 bits per heavy atom. The molecule has 0 saturated heterocycles. The molecular formula is C78H100Cl2Si2Zr2-2. The Morgan fingerprint density at radius 3 is 0.607 bits per heavy atom. The Balaban J connectivity index is 0.000000267. The van der Waals surface area contributed by atoms with Crippen LogP contribution in [0.1, 0.15) is 172 Å².